The number of rotatable bonds is 3. The van der Waals surface area contributed by atoms with Crippen LogP contribution in [0.4, 0.5) is 5.69 Å². The zero-order valence-corrected chi connectivity index (χ0v) is 12.9. The minimum absolute atomic E-state index is 0.289. The molecule has 3 nitrogen and oxygen atoms in total. The lowest BCUT2D eigenvalue weighted by atomic mass is 10.1. The second-order valence-electron chi connectivity index (χ2n) is 5.36. The van der Waals surface area contributed by atoms with E-state index in [1.807, 2.05) is 7.05 Å². The van der Waals surface area contributed by atoms with Crippen LogP contribution in [0.25, 0.3) is 0 Å². The van der Waals surface area contributed by atoms with E-state index >= 15 is 0 Å². The van der Waals surface area contributed by atoms with Gasteiger partial charge >= 0.3 is 0 Å². The van der Waals surface area contributed by atoms with Gasteiger partial charge < -0.3 is 15.1 Å². The number of benzene rings is 1. The smallest absolute Gasteiger partial charge is 0.0474 e. The third-order valence-electron chi connectivity index (χ3n) is 3.97. The zero-order chi connectivity index (χ0) is 13.8. The highest BCUT2D eigenvalue weighted by atomic mass is 35.5. The minimum atomic E-state index is 0.289. The van der Waals surface area contributed by atoms with Crippen molar-refractivity contribution in [1.82, 2.24) is 10.2 Å². The molecule has 1 aromatic carbocycles. The molecule has 1 unspecified atom stereocenters. The second kappa shape index (κ2) is 6.60. The van der Waals surface area contributed by atoms with Crippen molar-refractivity contribution in [2.75, 3.05) is 45.2 Å². The Morgan fingerprint density at radius 2 is 2.00 bits per heavy atom. The zero-order valence-electron chi connectivity index (χ0n) is 12.1. The van der Waals surface area contributed by atoms with Crippen LogP contribution in [0.2, 0.25) is 5.02 Å². The van der Waals surface area contributed by atoms with Crippen molar-refractivity contribution < 1.29 is 0 Å². The Morgan fingerprint density at radius 3 is 2.68 bits per heavy atom. The number of hydrogen-bond donors (Lipinski definition) is 1. The number of hydrogen-bond acceptors (Lipinski definition) is 3. The molecule has 1 aromatic rings. The molecular formula is C15H24ClN3. The summed E-state index contributed by atoms with van der Waals surface area (Å²) in [7, 11) is 4.15. The second-order valence-corrected chi connectivity index (χ2v) is 5.77. The molecule has 1 heterocycles. The Bertz CT molecular complexity index is 422. The lowest BCUT2D eigenvalue weighted by Crippen LogP contribution is -2.28. The van der Waals surface area contributed by atoms with Gasteiger partial charge in [-0.15, -0.1) is 0 Å². The number of nitrogens with one attached hydrogen (secondary N) is 1. The molecule has 0 spiro atoms. The SMILES string of the molecule is CNC(C)c1ccc(N2CCCN(C)CC2)cc1Cl. The van der Waals surface area contributed by atoms with Crippen LogP contribution >= 0.6 is 11.6 Å². The molecule has 1 aliphatic rings. The Morgan fingerprint density at radius 1 is 1.21 bits per heavy atom. The summed E-state index contributed by atoms with van der Waals surface area (Å²) >= 11 is 6.41. The van der Waals surface area contributed by atoms with Gasteiger partial charge in [-0.2, -0.15) is 0 Å². The summed E-state index contributed by atoms with van der Waals surface area (Å²) in [4.78, 5) is 4.82. The number of halogens is 1. The normalized spacial score (nSPS) is 19.3. The van der Waals surface area contributed by atoms with Gasteiger partial charge in [0.1, 0.15) is 0 Å². The first kappa shape index (κ1) is 14.6. The molecule has 0 aliphatic carbocycles. The summed E-state index contributed by atoms with van der Waals surface area (Å²) in [6.07, 6.45) is 1.21. The van der Waals surface area contributed by atoms with Gasteiger partial charge in [-0.05, 0) is 51.7 Å². The molecule has 4 heteroatoms. The Hall–Kier alpha value is -0.770. The van der Waals surface area contributed by atoms with Gasteiger partial charge in [-0.1, -0.05) is 17.7 Å². The average molecular weight is 282 g/mol. The quantitative estimate of drug-likeness (QED) is 0.919. The van der Waals surface area contributed by atoms with E-state index in [9.17, 15) is 0 Å². The van der Waals surface area contributed by atoms with E-state index in [-0.39, 0.29) is 6.04 Å². The highest BCUT2D eigenvalue weighted by molar-refractivity contribution is 6.31. The molecule has 0 aromatic heterocycles. The molecule has 2 rings (SSSR count). The molecule has 1 fully saturated rings. The molecule has 1 N–H and O–H groups in total. The average Bonchev–Trinajstić information content (AvgIpc) is 2.62. The summed E-state index contributed by atoms with van der Waals surface area (Å²) in [5.41, 5.74) is 2.41. The van der Waals surface area contributed by atoms with Gasteiger partial charge in [-0.25, -0.2) is 0 Å². The summed E-state index contributed by atoms with van der Waals surface area (Å²) in [5, 5.41) is 4.09. The lowest BCUT2D eigenvalue weighted by molar-refractivity contribution is 0.360. The maximum Gasteiger partial charge on any atom is 0.0474 e. The molecule has 19 heavy (non-hydrogen) atoms. The van der Waals surface area contributed by atoms with E-state index in [0.717, 1.165) is 24.7 Å². The van der Waals surface area contributed by atoms with Gasteiger partial charge in [0, 0.05) is 36.4 Å². The molecule has 1 atom stereocenters. The van der Waals surface area contributed by atoms with E-state index in [1.165, 1.54) is 24.2 Å². The van der Waals surface area contributed by atoms with Crippen LogP contribution in [-0.4, -0.2) is 45.2 Å². The van der Waals surface area contributed by atoms with Crippen LogP contribution in [0.15, 0.2) is 18.2 Å². The van der Waals surface area contributed by atoms with E-state index in [4.69, 9.17) is 11.6 Å². The lowest BCUT2D eigenvalue weighted by Gasteiger charge is -2.24. The summed E-state index contributed by atoms with van der Waals surface area (Å²) in [6.45, 7) is 6.61. The summed E-state index contributed by atoms with van der Waals surface area (Å²) < 4.78 is 0. The van der Waals surface area contributed by atoms with E-state index in [2.05, 4.69) is 47.3 Å². The topological polar surface area (TPSA) is 18.5 Å². The maximum absolute atomic E-state index is 6.41. The van der Waals surface area contributed by atoms with Gasteiger partial charge in [0.25, 0.3) is 0 Å². The van der Waals surface area contributed by atoms with Crippen molar-refractivity contribution in [2.24, 2.45) is 0 Å². The van der Waals surface area contributed by atoms with Crippen molar-refractivity contribution in [1.29, 1.82) is 0 Å². The molecule has 0 saturated carbocycles. The molecular weight excluding hydrogens is 258 g/mol. The van der Waals surface area contributed by atoms with Crippen LogP contribution < -0.4 is 10.2 Å². The fraction of sp³-hybridized carbons (Fsp3) is 0.600. The fourth-order valence-corrected chi connectivity index (χ4v) is 2.86. The molecule has 0 amide bonds. The minimum Gasteiger partial charge on any atom is -0.370 e. The molecule has 106 valence electrons. The van der Waals surface area contributed by atoms with Crippen molar-refractivity contribution in [3.8, 4) is 0 Å². The van der Waals surface area contributed by atoms with Gasteiger partial charge in [0.15, 0.2) is 0 Å². The highest BCUT2D eigenvalue weighted by Crippen LogP contribution is 2.28. The summed E-state index contributed by atoms with van der Waals surface area (Å²) in [6, 6.07) is 6.74. The molecule has 1 saturated heterocycles. The third-order valence-corrected chi connectivity index (χ3v) is 4.30. The maximum atomic E-state index is 6.41. The summed E-state index contributed by atoms with van der Waals surface area (Å²) in [5.74, 6) is 0. The fourth-order valence-electron chi connectivity index (χ4n) is 2.52. The van der Waals surface area contributed by atoms with Crippen LogP contribution in [0, 0.1) is 0 Å². The van der Waals surface area contributed by atoms with Crippen molar-refractivity contribution in [3.63, 3.8) is 0 Å². The Balaban J connectivity index is 2.15. The van der Waals surface area contributed by atoms with Crippen LogP contribution in [0.5, 0.6) is 0 Å². The standard InChI is InChI=1S/C15H24ClN3/c1-12(17-2)14-6-5-13(11-15(14)16)19-8-4-7-18(3)9-10-19/h5-6,11-12,17H,4,7-10H2,1-3H3. The first-order chi connectivity index (χ1) is 9.11. The molecule has 1 aliphatic heterocycles. The number of nitrogens with zero attached hydrogens (tertiary/aromatic N) is 2. The Labute approximate surface area is 121 Å². The first-order valence-electron chi connectivity index (χ1n) is 7.02. The van der Waals surface area contributed by atoms with Gasteiger partial charge in [0.2, 0.25) is 0 Å². The van der Waals surface area contributed by atoms with Crippen LogP contribution in [0.1, 0.15) is 24.9 Å². The van der Waals surface area contributed by atoms with Gasteiger partial charge in [0.05, 0.1) is 0 Å². The predicted molar refractivity (Wildman–Crippen MR) is 83.3 cm³/mol. The third kappa shape index (κ3) is 3.62. The van der Waals surface area contributed by atoms with Gasteiger partial charge in [-0.3, -0.25) is 0 Å². The number of likely N-dealkylation sites (N-methyl/N-ethyl adjacent to an activating group) is 1. The van der Waals surface area contributed by atoms with E-state index in [1.54, 1.807) is 0 Å². The highest BCUT2D eigenvalue weighted by Gasteiger charge is 2.15. The van der Waals surface area contributed by atoms with E-state index in [0.29, 0.717) is 0 Å². The van der Waals surface area contributed by atoms with Crippen LogP contribution in [0.3, 0.4) is 0 Å². The molecule has 0 radical (unpaired) electrons. The van der Waals surface area contributed by atoms with Crippen molar-refractivity contribution in [3.05, 3.63) is 28.8 Å². The monoisotopic (exact) mass is 281 g/mol. The van der Waals surface area contributed by atoms with Crippen molar-refractivity contribution >= 4 is 17.3 Å². The number of anilines is 1. The Kier molecular flexibility index (Phi) is 5.08. The van der Waals surface area contributed by atoms with Crippen molar-refractivity contribution in [2.45, 2.75) is 19.4 Å². The first-order valence-corrected chi connectivity index (χ1v) is 7.40. The van der Waals surface area contributed by atoms with E-state index < -0.39 is 0 Å². The molecule has 0 bridgehead atoms. The largest absolute Gasteiger partial charge is 0.370 e. The van der Waals surface area contributed by atoms with Crippen LogP contribution in [-0.2, 0) is 0 Å². The predicted octanol–water partition coefficient (Wildman–Crippen LogP) is 2.76.